The number of benzene rings is 1. The number of oxazole rings is 1. The molecule has 0 aliphatic carbocycles. The number of carbonyl (C=O) groups is 1. The number of nitrogens with two attached hydrogens (primary N) is 1. The van der Waals surface area contributed by atoms with Crippen LogP contribution in [0.15, 0.2) is 28.9 Å². The highest BCUT2D eigenvalue weighted by molar-refractivity contribution is 5.91. The van der Waals surface area contributed by atoms with Crippen molar-refractivity contribution in [2.45, 2.75) is 32.9 Å². The molecule has 0 radical (unpaired) electrons. The third-order valence-corrected chi connectivity index (χ3v) is 4.22. The van der Waals surface area contributed by atoms with E-state index >= 15 is 0 Å². The fraction of sp³-hybridized carbons (Fsp3) is 0.444. The Morgan fingerprint density at radius 3 is 2.76 bits per heavy atom. The fourth-order valence-corrected chi connectivity index (χ4v) is 2.40. The maximum Gasteiger partial charge on any atom is 0.273 e. The number of hydrogen-bond acceptors (Lipinski definition) is 6. The summed E-state index contributed by atoms with van der Waals surface area (Å²) in [5.41, 5.74) is 7.08. The Bertz CT molecular complexity index is 714. The Morgan fingerprint density at radius 1 is 1.36 bits per heavy atom. The minimum atomic E-state index is -0.337. The van der Waals surface area contributed by atoms with Crippen LogP contribution in [0.4, 0.5) is 0 Å². The van der Waals surface area contributed by atoms with Gasteiger partial charge in [0.05, 0.1) is 20.3 Å². The van der Waals surface area contributed by atoms with Crippen LogP contribution in [0.25, 0.3) is 0 Å². The molecule has 0 aliphatic heterocycles. The van der Waals surface area contributed by atoms with Crippen LogP contribution in [0.2, 0.25) is 0 Å². The average molecular weight is 347 g/mol. The van der Waals surface area contributed by atoms with Gasteiger partial charge >= 0.3 is 0 Å². The van der Waals surface area contributed by atoms with Crippen LogP contribution in [0.5, 0.6) is 11.5 Å². The number of nitrogens with zero attached hydrogens (tertiary/aromatic N) is 1. The minimum absolute atomic E-state index is 0.204. The molecular formula is C18H25N3O4. The number of ether oxygens (including phenoxy) is 2. The van der Waals surface area contributed by atoms with Crippen molar-refractivity contribution < 1.29 is 18.7 Å². The van der Waals surface area contributed by atoms with Crippen LogP contribution >= 0.6 is 0 Å². The average Bonchev–Trinajstić information content (AvgIpc) is 3.14. The van der Waals surface area contributed by atoms with E-state index in [0.717, 1.165) is 12.0 Å². The van der Waals surface area contributed by atoms with Gasteiger partial charge in [0.2, 0.25) is 5.89 Å². The number of rotatable bonds is 8. The van der Waals surface area contributed by atoms with Gasteiger partial charge in [-0.25, -0.2) is 4.98 Å². The molecule has 7 nitrogen and oxygen atoms in total. The summed E-state index contributed by atoms with van der Waals surface area (Å²) in [7, 11) is 3.13. The smallest absolute Gasteiger partial charge is 0.273 e. The summed E-state index contributed by atoms with van der Waals surface area (Å²) in [6.07, 6.45) is 2.23. The maximum atomic E-state index is 12.3. The lowest BCUT2D eigenvalue weighted by atomic mass is 10.0. The molecule has 0 bridgehead atoms. The molecule has 1 heterocycles. The molecule has 136 valence electrons. The zero-order chi connectivity index (χ0) is 18.4. The van der Waals surface area contributed by atoms with Crippen molar-refractivity contribution in [1.29, 1.82) is 0 Å². The maximum absolute atomic E-state index is 12.3. The molecule has 2 aromatic rings. The lowest BCUT2D eigenvalue weighted by Crippen LogP contribution is -2.24. The van der Waals surface area contributed by atoms with E-state index in [1.165, 1.54) is 6.26 Å². The van der Waals surface area contributed by atoms with Gasteiger partial charge in [0.1, 0.15) is 6.26 Å². The van der Waals surface area contributed by atoms with Gasteiger partial charge in [-0.3, -0.25) is 4.79 Å². The summed E-state index contributed by atoms with van der Waals surface area (Å²) in [5.74, 6) is 1.45. The Labute approximate surface area is 147 Å². The zero-order valence-corrected chi connectivity index (χ0v) is 15.0. The summed E-state index contributed by atoms with van der Waals surface area (Å²) < 4.78 is 16.0. The second-order valence-corrected chi connectivity index (χ2v) is 5.82. The van der Waals surface area contributed by atoms with Crippen molar-refractivity contribution in [1.82, 2.24) is 10.3 Å². The normalized spacial score (nSPS) is 13.2. The van der Waals surface area contributed by atoms with Gasteiger partial charge < -0.3 is 24.9 Å². The van der Waals surface area contributed by atoms with Crippen molar-refractivity contribution in [3.8, 4) is 11.5 Å². The molecule has 25 heavy (non-hydrogen) atoms. The van der Waals surface area contributed by atoms with E-state index in [1.807, 2.05) is 26.0 Å². The van der Waals surface area contributed by atoms with E-state index in [-0.39, 0.29) is 30.1 Å². The van der Waals surface area contributed by atoms with E-state index in [4.69, 9.17) is 19.6 Å². The van der Waals surface area contributed by atoms with E-state index in [1.54, 1.807) is 20.3 Å². The Hall–Kier alpha value is -2.54. The molecule has 3 N–H and O–H groups in total. The van der Waals surface area contributed by atoms with E-state index in [0.29, 0.717) is 17.4 Å². The third kappa shape index (κ3) is 4.30. The second kappa shape index (κ2) is 8.53. The lowest BCUT2D eigenvalue weighted by Gasteiger charge is -2.14. The molecule has 0 saturated heterocycles. The zero-order valence-electron chi connectivity index (χ0n) is 15.0. The quantitative estimate of drug-likeness (QED) is 0.761. The number of hydrogen-bond donors (Lipinski definition) is 2. The summed E-state index contributed by atoms with van der Waals surface area (Å²) >= 11 is 0. The second-order valence-electron chi connectivity index (χ2n) is 5.82. The first-order valence-electron chi connectivity index (χ1n) is 8.20. The van der Waals surface area contributed by atoms with Gasteiger partial charge in [-0.1, -0.05) is 32.4 Å². The van der Waals surface area contributed by atoms with Crippen molar-refractivity contribution in [3.63, 3.8) is 0 Å². The summed E-state index contributed by atoms with van der Waals surface area (Å²) in [5, 5.41) is 2.80. The van der Waals surface area contributed by atoms with E-state index < -0.39 is 0 Å². The molecule has 2 atom stereocenters. The summed E-state index contributed by atoms with van der Waals surface area (Å²) in [4.78, 5) is 16.5. The van der Waals surface area contributed by atoms with Crippen molar-refractivity contribution in [2.24, 2.45) is 11.7 Å². The van der Waals surface area contributed by atoms with Gasteiger partial charge in [0.25, 0.3) is 5.91 Å². The topological polar surface area (TPSA) is 99.6 Å². The number of amides is 1. The lowest BCUT2D eigenvalue weighted by molar-refractivity contribution is 0.0945. The van der Waals surface area contributed by atoms with Gasteiger partial charge in [-0.2, -0.15) is 0 Å². The molecule has 7 heteroatoms. The molecular weight excluding hydrogens is 322 g/mol. The Balaban J connectivity index is 2.05. The van der Waals surface area contributed by atoms with Crippen LogP contribution in [0, 0.1) is 5.92 Å². The molecule has 1 aromatic carbocycles. The van der Waals surface area contributed by atoms with Crippen LogP contribution in [0.1, 0.15) is 48.3 Å². The molecule has 2 unspecified atom stereocenters. The first kappa shape index (κ1) is 18.8. The number of nitrogens with one attached hydrogen (secondary N) is 1. The number of methoxy groups -OCH3 is 2. The number of carbonyl (C=O) groups excluding carboxylic acids is 1. The van der Waals surface area contributed by atoms with Gasteiger partial charge in [0, 0.05) is 12.1 Å². The molecule has 0 aliphatic rings. The van der Waals surface area contributed by atoms with Crippen LogP contribution in [-0.2, 0) is 6.54 Å². The number of para-hydroxylation sites is 1. The third-order valence-electron chi connectivity index (χ3n) is 4.22. The van der Waals surface area contributed by atoms with Crippen molar-refractivity contribution in [2.75, 3.05) is 14.2 Å². The first-order valence-corrected chi connectivity index (χ1v) is 8.20. The van der Waals surface area contributed by atoms with E-state index in [9.17, 15) is 4.79 Å². The van der Waals surface area contributed by atoms with E-state index in [2.05, 4.69) is 10.3 Å². The van der Waals surface area contributed by atoms with Crippen LogP contribution < -0.4 is 20.5 Å². The summed E-state index contributed by atoms with van der Waals surface area (Å²) in [6, 6.07) is 5.16. The summed E-state index contributed by atoms with van der Waals surface area (Å²) in [6.45, 7) is 4.34. The molecule has 2 rings (SSSR count). The molecule has 0 fully saturated rings. The number of aromatic nitrogens is 1. The van der Waals surface area contributed by atoms with Crippen LogP contribution in [0.3, 0.4) is 0 Å². The Morgan fingerprint density at radius 2 is 2.12 bits per heavy atom. The van der Waals surface area contributed by atoms with Gasteiger partial charge in [-0.05, 0) is 12.0 Å². The van der Waals surface area contributed by atoms with Gasteiger partial charge in [-0.15, -0.1) is 0 Å². The SMILES string of the molecule is CCC(C)C(N)c1nc(C(=O)NCc2cccc(OC)c2OC)co1. The largest absolute Gasteiger partial charge is 0.493 e. The van der Waals surface area contributed by atoms with Crippen molar-refractivity contribution in [3.05, 3.63) is 41.6 Å². The predicted octanol–water partition coefficient (Wildman–Crippen LogP) is 2.67. The molecule has 0 spiro atoms. The first-order chi connectivity index (χ1) is 12.0. The standard InChI is InChI=1S/C18H25N3O4/c1-5-11(2)15(19)18-21-13(10-25-18)17(22)20-9-12-7-6-8-14(23-3)16(12)24-4/h6-8,10-11,15H,5,9,19H2,1-4H3,(H,20,22). The highest BCUT2D eigenvalue weighted by Crippen LogP contribution is 2.30. The molecule has 1 aromatic heterocycles. The van der Waals surface area contributed by atoms with Crippen molar-refractivity contribution >= 4 is 5.91 Å². The van der Waals surface area contributed by atoms with Crippen LogP contribution in [-0.4, -0.2) is 25.1 Å². The minimum Gasteiger partial charge on any atom is -0.493 e. The molecule has 0 saturated carbocycles. The Kier molecular flexibility index (Phi) is 6.41. The molecule has 1 amide bonds. The highest BCUT2D eigenvalue weighted by Gasteiger charge is 2.21. The highest BCUT2D eigenvalue weighted by atomic mass is 16.5. The van der Waals surface area contributed by atoms with Gasteiger partial charge in [0.15, 0.2) is 17.2 Å². The fourth-order valence-electron chi connectivity index (χ4n) is 2.40. The predicted molar refractivity (Wildman–Crippen MR) is 93.6 cm³/mol. The monoisotopic (exact) mass is 347 g/mol.